The maximum atomic E-state index is 11.3. The highest BCUT2D eigenvalue weighted by atomic mass is 16.6. The zero-order valence-corrected chi connectivity index (χ0v) is 13.7. The first-order valence-electron chi connectivity index (χ1n) is 7.87. The Morgan fingerprint density at radius 1 is 0.682 bits per heavy atom. The maximum Gasteiger partial charge on any atom is 0.331 e. The Balaban J connectivity index is 3.51. The van der Waals surface area contributed by atoms with Gasteiger partial charge in [0.05, 0.1) is 13.2 Å². The first kappa shape index (κ1) is 20.6. The fraction of sp³-hybridized carbons (Fsp3) is 0.750. The lowest BCUT2D eigenvalue weighted by molar-refractivity contribution is -0.142. The van der Waals surface area contributed by atoms with Gasteiger partial charge in [-0.2, -0.15) is 0 Å². The molecule has 6 heteroatoms. The Morgan fingerprint density at radius 3 is 1.45 bits per heavy atom. The molecule has 0 aliphatic rings. The molecule has 0 rings (SSSR count). The number of hydrogen-bond acceptors (Lipinski definition) is 6. The van der Waals surface area contributed by atoms with Crippen molar-refractivity contribution in [1.82, 2.24) is 0 Å². The molecule has 0 unspecified atom stereocenters. The van der Waals surface area contributed by atoms with E-state index in [1.807, 2.05) is 0 Å². The highest BCUT2D eigenvalue weighted by Crippen LogP contribution is 1.91. The zero-order chi connectivity index (χ0) is 16.5. The third kappa shape index (κ3) is 15.0. The van der Waals surface area contributed by atoms with Crippen LogP contribution in [0.4, 0.5) is 0 Å². The smallest absolute Gasteiger partial charge is 0.331 e. The van der Waals surface area contributed by atoms with Gasteiger partial charge < -0.3 is 18.9 Å². The molecule has 0 saturated carbocycles. The van der Waals surface area contributed by atoms with Crippen LogP contribution < -0.4 is 0 Å². The van der Waals surface area contributed by atoms with Gasteiger partial charge in [0.25, 0.3) is 0 Å². The highest BCUT2D eigenvalue weighted by molar-refractivity contribution is 5.91. The number of unbranched alkanes of at least 4 members (excludes halogenated alkanes) is 2. The molecule has 0 amide bonds. The summed E-state index contributed by atoms with van der Waals surface area (Å²) in [6, 6.07) is 0. The Hall–Kier alpha value is -1.40. The standard InChI is InChI=1S/C16H28O6/c1-3-5-9-19-11-13-21-15(17)7-8-16(18)22-14-12-20-10-6-4-2/h7-8H,3-6,9-14H2,1-2H3/b8-7-. The Labute approximate surface area is 132 Å². The molecule has 0 aliphatic carbocycles. The van der Waals surface area contributed by atoms with Crippen molar-refractivity contribution in [2.24, 2.45) is 0 Å². The molecule has 0 aliphatic heterocycles. The van der Waals surface area contributed by atoms with Crippen molar-refractivity contribution in [3.05, 3.63) is 12.2 Å². The van der Waals surface area contributed by atoms with Crippen molar-refractivity contribution in [1.29, 1.82) is 0 Å². The first-order chi connectivity index (χ1) is 10.7. The first-order valence-corrected chi connectivity index (χ1v) is 7.87. The van der Waals surface area contributed by atoms with E-state index < -0.39 is 11.9 Å². The second-order valence-corrected chi connectivity index (χ2v) is 4.60. The minimum absolute atomic E-state index is 0.174. The summed E-state index contributed by atoms with van der Waals surface area (Å²) in [5, 5.41) is 0. The second-order valence-electron chi connectivity index (χ2n) is 4.60. The van der Waals surface area contributed by atoms with Gasteiger partial charge >= 0.3 is 11.9 Å². The van der Waals surface area contributed by atoms with E-state index in [0.29, 0.717) is 26.4 Å². The van der Waals surface area contributed by atoms with E-state index in [2.05, 4.69) is 13.8 Å². The summed E-state index contributed by atoms with van der Waals surface area (Å²) in [7, 11) is 0. The van der Waals surface area contributed by atoms with E-state index in [1.165, 1.54) is 0 Å². The van der Waals surface area contributed by atoms with Gasteiger partial charge in [-0.25, -0.2) is 9.59 Å². The fourth-order valence-corrected chi connectivity index (χ4v) is 1.33. The molecule has 0 aromatic rings. The third-order valence-corrected chi connectivity index (χ3v) is 2.58. The molecule has 22 heavy (non-hydrogen) atoms. The third-order valence-electron chi connectivity index (χ3n) is 2.58. The molecule has 0 saturated heterocycles. The van der Waals surface area contributed by atoms with Gasteiger partial charge in [0.1, 0.15) is 13.2 Å². The van der Waals surface area contributed by atoms with E-state index in [1.54, 1.807) is 0 Å². The number of hydrogen-bond donors (Lipinski definition) is 0. The highest BCUT2D eigenvalue weighted by Gasteiger charge is 2.01. The molecule has 0 bridgehead atoms. The van der Waals surface area contributed by atoms with Crippen LogP contribution >= 0.6 is 0 Å². The Kier molecular flexibility index (Phi) is 15.0. The molecule has 6 nitrogen and oxygen atoms in total. The van der Waals surface area contributed by atoms with Crippen molar-refractivity contribution in [2.45, 2.75) is 39.5 Å². The van der Waals surface area contributed by atoms with Gasteiger partial charge in [-0.15, -0.1) is 0 Å². The Morgan fingerprint density at radius 2 is 1.09 bits per heavy atom. The van der Waals surface area contributed by atoms with Crippen LogP contribution in [0.3, 0.4) is 0 Å². The molecule has 0 spiro atoms. The van der Waals surface area contributed by atoms with Crippen molar-refractivity contribution >= 4 is 11.9 Å². The van der Waals surface area contributed by atoms with Crippen LogP contribution in [0.15, 0.2) is 12.2 Å². The van der Waals surface area contributed by atoms with Crippen molar-refractivity contribution in [3.63, 3.8) is 0 Å². The van der Waals surface area contributed by atoms with Crippen LogP contribution in [0.1, 0.15) is 39.5 Å². The normalized spacial score (nSPS) is 10.8. The summed E-state index contributed by atoms with van der Waals surface area (Å²) in [5.74, 6) is -1.18. The van der Waals surface area contributed by atoms with Crippen molar-refractivity contribution in [3.8, 4) is 0 Å². The maximum absolute atomic E-state index is 11.3. The summed E-state index contributed by atoms with van der Waals surface area (Å²) in [4.78, 5) is 22.6. The molecule has 0 radical (unpaired) electrons. The summed E-state index contributed by atoms with van der Waals surface area (Å²) in [5.41, 5.74) is 0. The molecule has 0 atom stereocenters. The van der Waals surface area contributed by atoms with E-state index in [-0.39, 0.29) is 13.2 Å². The van der Waals surface area contributed by atoms with E-state index in [0.717, 1.165) is 37.8 Å². The van der Waals surface area contributed by atoms with Crippen LogP contribution in [0.25, 0.3) is 0 Å². The SMILES string of the molecule is CCCCOCCOC(=O)/C=C\C(=O)OCCOCCCC. The van der Waals surface area contributed by atoms with Crippen LogP contribution in [0, 0.1) is 0 Å². The largest absolute Gasteiger partial charge is 0.460 e. The molecular weight excluding hydrogens is 288 g/mol. The fourth-order valence-electron chi connectivity index (χ4n) is 1.33. The van der Waals surface area contributed by atoms with Gasteiger partial charge in [0.2, 0.25) is 0 Å². The van der Waals surface area contributed by atoms with Gasteiger partial charge in [-0.1, -0.05) is 26.7 Å². The summed E-state index contributed by atoms with van der Waals surface area (Å²) < 4.78 is 20.2. The number of carbonyl (C=O) groups is 2. The number of ether oxygens (including phenoxy) is 4. The molecule has 128 valence electrons. The second kappa shape index (κ2) is 16.0. The summed E-state index contributed by atoms with van der Waals surface area (Å²) in [6.45, 7) is 6.54. The van der Waals surface area contributed by atoms with Gasteiger partial charge in [-0.3, -0.25) is 0 Å². The summed E-state index contributed by atoms with van der Waals surface area (Å²) >= 11 is 0. The van der Waals surface area contributed by atoms with Crippen LogP contribution in [0.5, 0.6) is 0 Å². The lowest BCUT2D eigenvalue weighted by Gasteiger charge is -2.04. The quantitative estimate of drug-likeness (QED) is 0.278. The molecule has 0 aromatic heterocycles. The number of rotatable bonds is 14. The van der Waals surface area contributed by atoms with Crippen molar-refractivity contribution in [2.75, 3.05) is 39.6 Å². The lowest BCUT2D eigenvalue weighted by Crippen LogP contribution is -2.11. The summed E-state index contributed by atoms with van der Waals surface area (Å²) in [6.07, 6.45) is 6.20. The van der Waals surface area contributed by atoms with Crippen LogP contribution in [0.2, 0.25) is 0 Å². The van der Waals surface area contributed by atoms with E-state index >= 15 is 0 Å². The van der Waals surface area contributed by atoms with Gasteiger partial charge in [0.15, 0.2) is 0 Å². The monoisotopic (exact) mass is 316 g/mol. The van der Waals surface area contributed by atoms with Crippen molar-refractivity contribution < 1.29 is 28.5 Å². The van der Waals surface area contributed by atoms with Gasteiger partial charge in [0, 0.05) is 25.4 Å². The van der Waals surface area contributed by atoms with Crippen LogP contribution in [-0.4, -0.2) is 51.6 Å². The number of carbonyl (C=O) groups excluding carboxylic acids is 2. The topological polar surface area (TPSA) is 71.1 Å². The minimum Gasteiger partial charge on any atom is -0.460 e. The molecule has 0 aromatic carbocycles. The predicted molar refractivity (Wildman–Crippen MR) is 82.5 cm³/mol. The molecule has 0 fully saturated rings. The Bertz CT molecular complexity index is 284. The minimum atomic E-state index is -0.588. The average molecular weight is 316 g/mol. The average Bonchev–Trinajstić information content (AvgIpc) is 2.52. The van der Waals surface area contributed by atoms with Crippen LogP contribution in [-0.2, 0) is 28.5 Å². The lowest BCUT2D eigenvalue weighted by atomic mass is 10.4. The predicted octanol–water partition coefficient (Wildman–Crippen LogP) is 2.26. The molecular formula is C16H28O6. The van der Waals surface area contributed by atoms with E-state index in [9.17, 15) is 9.59 Å². The van der Waals surface area contributed by atoms with Gasteiger partial charge in [-0.05, 0) is 12.8 Å². The van der Waals surface area contributed by atoms with E-state index in [4.69, 9.17) is 18.9 Å². The molecule has 0 N–H and O–H groups in total. The molecule has 0 heterocycles. The zero-order valence-electron chi connectivity index (χ0n) is 13.7. The number of esters is 2.